The van der Waals surface area contributed by atoms with Crippen molar-refractivity contribution < 1.29 is 9.47 Å². The zero-order chi connectivity index (χ0) is 17.3. The fourth-order valence-electron chi connectivity index (χ4n) is 2.51. The quantitative estimate of drug-likeness (QED) is 0.746. The molecule has 1 unspecified atom stereocenters. The maximum Gasteiger partial charge on any atom is 0.240 e. The van der Waals surface area contributed by atoms with Crippen LogP contribution in [0.3, 0.4) is 0 Å². The Labute approximate surface area is 140 Å². The summed E-state index contributed by atoms with van der Waals surface area (Å²) in [5.74, 6) is 0.849. The minimum absolute atomic E-state index is 0.00901. The van der Waals surface area contributed by atoms with Crippen LogP contribution >= 0.6 is 0 Å². The number of aromatic nitrogens is 5. The summed E-state index contributed by atoms with van der Waals surface area (Å²) >= 11 is 0. The second kappa shape index (κ2) is 6.48. The van der Waals surface area contributed by atoms with Crippen molar-refractivity contribution in [1.82, 2.24) is 24.4 Å². The summed E-state index contributed by atoms with van der Waals surface area (Å²) < 4.78 is 15.0. The molecule has 8 nitrogen and oxygen atoms in total. The average molecular weight is 330 g/mol. The van der Waals surface area contributed by atoms with Crippen molar-refractivity contribution in [3.63, 3.8) is 0 Å². The normalized spacial score (nSPS) is 12.9. The van der Waals surface area contributed by atoms with E-state index < -0.39 is 0 Å². The van der Waals surface area contributed by atoms with E-state index in [1.165, 1.54) is 0 Å². The molecule has 3 aromatic heterocycles. The highest BCUT2D eigenvalue weighted by molar-refractivity contribution is 5.77. The molecule has 0 aliphatic heterocycles. The van der Waals surface area contributed by atoms with Crippen LogP contribution in [-0.4, -0.2) is 37.1 Å². The highest BCUT2D eigenvalue weighted by Crippen LogP contribution is 2.34. The summed E-state index contributed by atoms with van der Waals surface area (Å²) in [6, 6.07) is 1.92. The van der Waals surface area contributed by atoms with Crippen LogP contribution < -0.4 is 10.5 Å². The lowest BCUT2D eigenvalue weighted by Gasteiger charge is -2.14. The zero-order valence-electron chi connectivity index (χ0n) is 14.3. The first-order chi connectivity index (χ1) is 11.5. The molecule has 3 aromatic rings. The number of hydrogen-bond acceptors (Lipinski definition) is 6. The molecule has 0 radical (unpaired) electrons. The summed E-state index contributed by atoms with van der Waals surface area (Å²) in [6.07, 6.45) is 5.38. The van der Waals surface area contributed by atoms with Gasteiger partial charge in [0.2, 0.25) is 5.95 Å². The van der Waals surface area contributed by atoms with Crippen molar-refractivity contribution >= 4 is 11.6 Å². The topological polar surface area (TPSA) is 92.5 Å². The second-order valence-electron chi connectivity index (χ2n) is 5.73. The Morgan fingerprint density at radius 1 is 1.29 bits per heavy atom. The van der Waals surface area contributed by atoms with Gasteiger partial charge in [0.05, 0.1) is 12.3 Å². The maximum absolute atomic E-state index is 6.00. The van der Waals surface area contributed by atoms with Gasteiger partial charge >= 0.3 is 0 Å². The van der Waals surface area contributed by atoms with E-state index in [1.807, 2.05) is 46.2 Å². The predicted molar refractivity (Wildman–Crippen MR) is 90.7 cm³/mol. The molecule has 0 aliphatic carbocycles. The Balaban J connectivity index is 2.08. The molecule has 0 saturated heterocycles. The first-order valence-electron chi connectivity index (χ1n) is 7.97. The van der Waals surface area contributed by atoms with Crippen LogP contribution in [0.1, 0.15) is 33.9 Å². The van der Waals surface area contributed by atoms with E-state index in [0.29, 0.717) is 18.0 Å². The van der Waals surface area contributed by atoms with Gasteiger partial charge < -0.3 is 15.2 Å². The lowest BCUT2D eigenvalue weighted by molar-refractivity contribution is 0.0160. The Bertz CT molecular complexity index is 838. The van der Waals surface area contributed by atoms with Gasteiger partial charge in [-0.3, -0.25) is 0 Å². The van der Waals surface area contributed by atoms with Crippen molar-refractivity contribution in [2.24, 2.45) is 0 Å². The fraction of sp³-hybridized carbons (Fsp3) is 0.438. The SMILES string of the molecule is CCOC(C)n1cc(-c2ccn3nc(N)nc3c2OC(C)C)cn1. The maximum atomic E-state index is 6.00. The molecule has 0 saturated carbocycles. The number of nitrogens with two attached hydrogens (primary N) is 1. The van der Waals surface area contributed by atoms with Crippen LogP contribution in [0.5, 0.6) is 5.75 Å². The molecule has 0 amide bonds. The Hall–Kier alpha value is -2.61. The predicted octanol–water partition coefficient (Wildman–Crippen LogP) is 2.52. The Morgan fingerprint density at radius 3 is 2.79 bits per heavy atom. The standard InChI is InChI=1S/C16H22N6O2/c1-5-23-11(4)22-9-12(8-18-22)13-6-7-21-15(19-16(17)20-21)14(13)24-10(2)3/h6-11H,5H2,1-4H3,(H2,17,20). The summed E-state index contributed by atoms with van der Waals surface area (Å²) in [6.45, 7) is 8.47. The summed E-state index contributed by atoms with van der Waals surface area (Å²) in [5.41, 5.74) is 8.12. The zero-order valence-corrected chi connectivity index (χ0v) is 14.3. The minimum Gasteiger partial charge on any atom is -0.486 e. The van der Waals surface area contributed by atoms with Gasteiger partial charge in [-0.05, 0) is 33.8 Å². The minimum atomic E-state index is -0.134. The number of fused-ring (bicyclic) bond motifs is 1. The highest BCUT2D eigenvalue weighted by Gasteiger charge is 2.18. The summed E-state index contributed by atoms with van der Waals surface area (Å²) in [4.78, 5) is 4.28. The first kappa shape index (κ1) is 16.3. The molecule has 3 rings (SSSR count). The monoisotopic (exact) mass is 330 g/mol. The third kappa shape index (κ3) is 3.05. The van der Waals surface area contributed by atoms with E-state index in [0.717, 1.165) is 11.1 Å². The number of hydrogen-bond donors (Lipinski definition) is 1. The first-order valence-corrected chi connectivity index (χ1v) is 7.97. The molecule has 3 heterocycles. The largest absolute Gasteiger partial charge is 0.486 e. The van der Waals surface area contributed by atoms with E-state index in [2.05, 4.69) is 15.2 Å². The van der Waals surface area contributed by atoms with E-state index in [4.69, 9.17) is 15.2 Å². The number of pyridine rings is 1. The van der Waals surface area contributed by atoms with Crippen LogP contribution in [0.15, 0.2) is 24.7 Å². The highest BCUT2D eigenvalue weighted by atomic mass is 16.5. The molecule has 0 spiro atoms. The molecule has 0 aromatic carbocycles. The number of ether oxygens (including phenoxy) is 2. The molecule has 0 aliphatic rings. The second-order valence-corrected chi connectivity index (χ2v) is 5.73. The number of anilines is 1. The van der Waals surface area contributed by atoms with Crippen LogP contribution in [0.25, 0.3) is 16.8 Å². The summed E-state index contributed by atoms with van der Waals surface area (Å²) in [5, 5.41) is 8.52. The third-order valence-corrected chi connectivity index (χ3v) is 3.52. The molecule has 128 valence electrons. The van der Waals surface area contributed by atoms with E-state index in [9.17, 15) is 0 Å². The van der Waals surface area contributed by atoms with Crippen LogP contribution in [0.2, 0.25) is 0 Å². The molecule has 2 N–H and O–H groups in total. The number of nitrogens with zero attached hydrogens (tertiary/aromatic N) is 5. The van der Waals surface area contributed by atoms with Gasteiger partial charge in [-0.15, -0.1) is 5.10 Å². The molecular weight excluding hydrogens is 308 g/mol. The smallest absolute Gasteiger partial charge is 0.240 e. The summed E-state index contributed by atoms with van der Waals surface area (Å²) in [7, 11) is 0. The lowest BCUT2D eigenvalue weighted by Crippen LogP contribution is -2.09. The van der Waals surface area contributed by atoms with Crippen molar-refractivity contribution in [2.45, 2.75) is 40.0 Å². The van der Waals surface area contributed by atoms with E-state index in [1.54, 1.807) is 15.4 Å². The van der Waals surface area contributed by atoms with E-state index >= 15 is 0 Å². The van der Waals surface area contributed by atoms with Crippen LogP contribution in [-0.2, 0) is 4.74 Å². The van der Waals surface area contributed by atoms with Crippen molar-refractivity contribution in [2.75, 3.05) is 12.3 Å². The molecule has 0 bridgehead atoms. The molecule has 1 atom stereocenters. The van der Waals surface area contributed by atoms with Crippen molar-refractivity contribution in [1.29, 1.82) is 0 Å². The van der Waals surface area contributed by atoms with Crippen LogP contribution in [0, 0.1) is 0 Å². The molecule has 24 heavy (non-hydrogen) atoms. The van der Waals surface area contributed by atoms with Gasteiger partial charge in [-0.2, -0.15) is 10.1 Å². The number of nitrogen functional groups attached to an aromatic ring is 1. The Morgan fingerprint density at radius 2 is 2.08 bits per heavy atom. The fourth-order valence-corrected chi connectivity index (χ4v) is 2.51. The van der Waals surface area contributed by atoms with Gasteiger partial charge in [0.15, 0.2) is 11.4 Å². The van der Waals surface area contributed by atoms with Crippen molar-refractivity contribution in [3.05, 3.63) is 24.7 Å². The lowest BCUT2D eigenvalue weighted by atomic mass is 10.1. The molecule has 8 heteroatoms. The third-order valence-electron chi connectivity index (χ3n) is 3.52. The van der Waals surface area contributed by atoms with Gasteiger partial charge in [-0.25, -0.2) is 9.20 Å². The van der Waals surface area contributed by atoms with Gasteiger partial charge in [-0.1, -0.05) is 0 Å². The van der Waals surface area contributed by atoms with E-state index in [-0.39, 0.29) is 18.3 Å². The van der Waals surface area contributed by atoms with Gasteiger partial charge in [0.25, 0.3) is 0 Å². The average Bonchev–Trinajstić information content (AvgIpc) is 3.13. The molecule has 0 fully saturated rings. The molecular formula is C16H22N6O2. The number of rotatable bonds is 6. The Kier molecular flexibility index (Phi) is 4.39. The van der Waals surface area contributed by atoms with Crippen molar-refractivity contribution in [3.8, 4) is 16.9 Å². The van der Waals surface area contributed by atoms with Gasteiger partial charge in [0.1, 0.15) is 6.23 Å². The van der Waals surface area contributed by atoms with Gasteiger partial charge in [0, 0.05) is 30.1 Å². The van der Waals surface area contributed by atoms with Crippen LogP contribution in [0.4, 0.5) is 5.95 Å².